The van der Waals surface area contributed by atoms with Crippen LogP contribution in [-0.2, 0) is 38.2 Å². The lowest BCUT2D eigenvalue weighted by Crippen LogP contribution is -2.66. The lowest BCUT2D eigenvalue weighted by molar-refractivity contribution is -0.269. The summed E-state index contributed by atoms with van der Waals surface area (Å²) in [4.78, 5) is 60.0. The van der Waals surface area contributed by atoms with Gasteiger partial charge in [0, 0.05) is 19.9 Å². The van der Waals surface area contributed by atoms with E-state index in [1.165, 1.54) is 13.8 Å². The van der Waals surface area contributed by atoms with Crippen LogP contribution in [0.25, 0.3) is 0 Å². The predicted molar refractivity (Wildman–Crippen MR) is 124 cm³/mol. The fourth-order valence-corrected chi connectivity index (χ4v) is 3.79. The number of nitrogens with two attached hydrogens (primary N) is 3. The number of carbonyl (C=O) groups is 5. The van der Waals surface area contributed by atoms with Gasteiger partial charge in [-0.15, -0.1) is 0 Å². The Labute approximate surface area is 213 Å². The van der Waals surface area contributed by atoms with Crippen molar-refractivity contribution in [2.45, 2.75) is 82.4 Å². The maximum absolute atomic E-state index is 12.8. The molecule has 16 nitrogen and oxygen atoms in total. The number of carboxylic acids is 1. The molecule has 1 heterocycles. The first-order valence-electron chi connectivity index (χ1n) is 11.6. The van der Waals surface area contributed by atoms with Crippen molar-refractivity contribution in [3.05, 3.63) is 0 Å². The molecule has 37 heavy (non-hydrogen) atoms. The topological polar surface area (TPSA) is 267 Å². The minimum atomic E-state index is -1.68. The molecule has 0 spiro atoms. The molecule has 0 aromatic heterocycles. The number of primary amides is 1. The highest BCUT2D eigenvalue weighted by molar-refractivity contribution is 5.89. The van der Waals surface area contributed by atoms with Crippen LogP contribution in [0.1, 0.15) is 33.6 Å². The standard InChI is InChI=1S/C21H37N5O11/c1-9(7-26(20(33)10(2)23)12(19(24)32)4-5-14(28)29)36-18-16(25-11(3)27)21(34)37-13(17(18)31)8-35-15(30)6-22/h9-10,12-13,16-18,21,31,34H,4-8,22-23H2,1-3H3,(H2,24,32)(H,25,27)(H,28,29)/t9?,10-,12+,13+,16+,17+,18+,21-/m0/s1. The zero-order valence-corrected chi connectivity index (χ0v) is 20.9. The van der Waals surface area contributed by atoms with Crippen molar-refractivity contribution in [2.24, 2.45) is 17.2 Å². The summed E-state index contributed by atoms with van der Waals surface area (Å²) in [6, 6.07) is -3.66. The van der Waals surface area contributed by atoms with Crippen LogP contribution in [0.4, 0.5) is 0 Å². The molecule has 10 N–H and O–H groups in total. The number of aliphatic carboxylic acids is 1. The van der Waals surface area contributed by atoms with Crippen LogP contribution >= 0.6 is 0 Å². The van der Waals surface area contributed by atoms with E-state index in [1.54, 1.807) is 0 Å². The third-order valence-corrected chi connectivity index (χ3v) is 5.49. The minimum absolute atomic E-state index is 0.280. The summed E-state index contributed by atoms with van der Waals surface area (Å²) in [7, 11) is 0. The summed E-state index contributed by atoms with van der Waals surface area (Å²) >= 11 is 0. The van der Waals surface area contributed by atoms with Gasteiger partial charge in [-0.3, -0.25) is 24.0 Å². The van der Waals surface area contributed by atoms with E-state index in [2.05, 4.69) is 5.32 Å². The molecule has 1 fully saturated rings. The molecule has 1 rings (SSSR count). The van der Waals surface area contributed by atoms with E-state index >= 15 is 0 Å². The van der Waals surface area contributed by atoms with E-state index in [4.69, 9.17) is 36.5 Å². The molecule has 8 atom stereocenters. The van der Waals surface area contributed by atoms with Crippen LogP contribution < -0.4 is 22.5 Å². The molecule has 3 amide bonds. The Balaban J connectivity index is 3.18. The van der Waals surface area contributed by atoms with Gasteiger partial charge in [0.15, 0.2) is 6.29 Å². The fourth-order valence-electron chi connectivity index (χ4n) is 3.79. The van der Waals surface area contributed by atoms with Crippen molar-refractivity contribution < 1.29 is 53.5 Å². The lowest BCUT2D eigenvalue weighted by Gasteiger charge is -2.44. The maximum atomic E-state index is 12.8. The number of rotatable bonds is 14. The SMILES string of the molecule is CC(=O)N[C@@H]1[C@@H](OC(C)CN(C(=O)[C@H](C)N)[C@H](CCC(=O)O)C(N)=O)[C@H](O)[C@@H](COC(=O)CN)O[C@@H]1O. The van der Waals surface area contributed by atoms with Crippen molar-refractivity contribution in [1.29, 1.82) is 0 Å². The maximum Gasteiger partial charge on any atom is 0.319 e. The second-order valence-electron chi connectivity index (χ2n) is 8.71. The number of esters is 1. The highest BCUT2D eigenvalue weighted by Crippen LogP contribution is 2.25. The molecule has 1 unspecified atom stereocenters. The third kappa shape index (κ3) is 9.83. The summed E-state index contributed by atoms with van der Waals surface area (Å²) in [5.41, 5.74) is 16.3. The number of amides is 3. The van der Waals surface area contributed by atoms with E-state index in [0.717, 1.165) is 11.8 Å². The number of aliphatic hydroxyl groups excluding tert-OH is 2. The zero-order chi connectivity index (χ0) is 28.4. The quantitative estimate of drug-likeness (QED) is 0.104. The highest BCUT2D eigenvalue weighted by Gasteiger charge is 2.47. The number of carbonyl (C=O) groups excluding carboxylic acids is 4. The van der Waals surface area contributed by atoms with Gasteiger partial charge in [0.05, 0.1) is 18.7 Å². The van der Waals surface area contributed by atoms with Crippen molar-refractivity contribution in [2.75, 3.05) is 19.7 Å². The molecule has 0 bridgehead atoms. The average molecular weight is 536 g/mol. The van der Waals surface area contributed by atoms with E-state index in [1.807, 2.05) is 0 Å². The molecule has 0 radical (unpaired) electrons. The number of nitrogens with one attached hydrogen (secondary N) is 1. The van der Waals surface area contributed by atoms with Gasteiger partial charge >= 0.3 is 11.9 Å². The van der Waals surface area contributed by atoms with Gasteiger partial charge < -0.3 is 56.9 Å². The second-order valence-corrected chi connectivity index (χ2v) is 8.71. The van der Waals surface area contributed by atoms with Crippen LogP contribution in [0.3, 0.4) is 0 Å². The zero-order valence-electron chi connectivity index (χ0n) is 20.9. The molecule has 0 aromatic carbocycles. The number of hydrogen-bond donors (Lipinski definition) is 7. The van der Waals surface area contributed by atoms with Gasteiger partial charge in [-0.1, -0.05) is 0 Å². The molecule has 0 aromatic rings. The van der Waals surface area contributed by atoms with Crippen LogP contribution in [0.2, 0.25) is 0 Å². The highest BCUT2D eigenvalue weighted by atomic mass is 16.6. The largest absolute Gasteiger partial charge is 0.481 e. The van der Waals surface area contributed by atoms with Crippen LogP contribution in [0.5, 0.6) is 0 Å². The fraction of sp³-hybridized carbons (Fsp3) is 0.762. The Morgan fingerprint density at radius 3 is 2.27 bits per heavy atom. The first-order valence-corrected chi connectivity index (χ1v) is 11.6. The van der Waals surface area contributed by atoms with E-state index in [-0.39, 0.29) is 13.0 Å². The van der Waals surface area contributed by atoms with Gasteiger partial charge in [-0.2, -0.15) is 0 Å². The first kappa shape index (κ1) is 32.1. The first-order chi connectivity index (χ1) is 17.2. The summed E-state index contributed by atoms with van der Waals surface area (Å²) in [5.74, 6) is -4.24. The molecule has 16 heteroatoms. The smallest absolute Gasteiger partial charge is 0.319 e. The van der Waals surface area contributed by atoms with Gasteiger partial charge in [0.2, 0.25) is 17.7 Å². The molecule has 1 aliphatic heterocycles. The molecule has 212 valence electrons. The molecule has 0 saturated carbocycles. The second kappa shape index (κ2) is 14.7. The monoisotopic (exact) mass is 535 g/mol. The van der Waals surface area contributed by atoms with Crippen LogP contribution in [0, 0.1) is 0 Å². The Morgan fingerprint density at radius 1 is 1.16 bits per heavy atom. The van der Waals surface area contributed by atoms with Gasteiger partial charge in [-0.05, 0) is 20.3 Å². The van der Waals surface area contributed by atoms with Gasteiger partial charge in [-0.25, -0.2) is 0 Å². The normalized spacial score (nSPS) is 25.9. The number of aliphatic hydroxyl groups is 2. The summed E-state index contributed by atoms with van der Waals surface area (Å²) in [6.45, 7) is 2.78. The van der Waals surface area contributed by atoms with Crippen molar-refractivity contribution >= 4 is 29.7 Å². The summed E-state index contributed by atoms with van der Waals surface area (Å²) in [5, 5.41) is 32.7. The van der Waals surface area contributed by atoms with Crippen molar-refractivity contribution in [3.63, 3.8) is 0 Å². The molecular weight excluding hydrogens is 498 g/mol. The number of hydrogen-bond acceptors (Lipinski definition) is 12. The van der Waals surface area contributed by atoms with Gasteiger partial charge in [0.25, 0.3) is 0 Å². The average Bonchev–Trinajstić information content (AvgIpc) is 2.80. The van der Waals surface area contributed by atoms with E-state index in [9.17, 15) is 34.2 Å². The number of carboxylic acid groups (broad SMARTS) is 1. The van der Waals surface area contributed by atoms with Crippen molar-refractivity contribution in [3.8, 4) is 0 Å². The van der Waals surface area contributed by atoms with E-state index in [0.29, 0.717) is 0 Å². The lowest BCUT2D eigenvalue weighted by atomic mass is 9.96. The molecular formula is C21H37N5O11. The van der Waals surface area contributed by atoms with Gasteiger partial charge in [0.1, 0.15) is 37.0 Å². The molecule has 1 saturated heterocycles. The van der Waals surface area contributed by atoms with Crippen molar-refractivity contribution in [1.82, 2.24) is 10.2 Å². The Kier molecular flexibility index (Phi) is 12.8. The summed E-state index contributed by atoms with van der Waals surface area (Å²) < 4.78 is 16.1. The molecule has 0 aliphatic carbocycles. The molecule has 1 aliphatic rings. The summed E-state index contributed by atoms with van der Waals surface area (Å²) in [6.07, 6.45) is -7.51. The Morgan fingerprint density at radius 2 is 1.78 bits per heavy atom. The Hall–Kier alpha value is -2.89. The number of nitrogens with zero attached hydrogens (tertiary/aromatic N) is 1. The predicted octanol–water partition coefficient (Wildman–Crippen LogP) is -4.26. The third-order valence-electron chi connectivity index (χ3n) is 5.49. The van der Waals surface area contributed by atoms with Crippen LogP contribution in [-0.4, -0.2) is 118 Å². The van der Waals surface area contributed by atoms with E-state index < -0.39 is 98.1 Å². The Bertz CT molecular complexity index is 827. The number of ether oxygens (including phenoxy) is 3. The van der Waals surface area contributed by atoms with Crippen LogP contribution in [0.15, 0.2) is 0 Å². The minimum Gasteiger partial charge on any atom is -0.481 e.